The third kappa shape index (κ3) is 4.33. The van der Waals surface area contributed by atoms with Crippen LogP contribution in [0.15, 0.2) is 0 Å². The lowest BCUT2D eigenvalue weighted by atomic mass is 9.90. The van der Waals surface area contributed by atoms with Crippen molar-refractivity contribution in [1.82, 2.24) is 15.5 Å². The van der Waals surface area contributed by atoms with Gasteiger partial charge in [0.25, 0.3) is 5.91 Å². The summed E-state index contributed by atoms with van der Waals surface area (Å²) >= 11 is 0. The Balaban J connectivity index is 1.57. The van der Waals surface area contributed by atoms with Crippen LogP contribution in [0.1, 0.15) is 83.5 Å². The number of rotatable bonds is 3. The molecule has 0 atom stereocenters. The number of amides is 4. The SMILES string of the molecule is O=C(CN1C(=O)NC2(CCCCCC2)C1=O)NC1CCCCCCC1. The molecule has 0 aromatic rings. The molecule has 6 nitrogen and oxygen atoms in total. The monoisotopic (exact) mass is 349 g/mol. The molecule has 25 heavy (non-hydrogen) atoms. The molecular formula is C19H31N3O3. The number of nitrogens with zero attached hydrogens (tertiary/aromatic N) is 1. The van der Waals surface area contributed by atoms with Crippen molar-refractivity contribution in [2.24, 2.45) is 0 Å². The number of imide groups is 1. The van der Waals surface area contributed by atoms with Crippen molar-refractivity contribution in [3.05, 3.63) is 0 Å². The normalized spacial score (nSPS) is 25.2. The van der Waals surface area contributed by atoms with Crippen LogP contribution >= 0.6 is 0 Å². The molecule has 0 bridgehead atoms. The minimum absolute atomic E-state index is 0.150. The largest absolute Gasteiger partial charge is 0.352 e. The summed E-state index contributed by atoms with van der Waals surface area (Å²) in [5.41, 5.74) is -0.756. The van der Waals surface area contributed by atoms with E-state index in [2.05, 4.69) is 10.6 Å². The quantitative estimate of drug-likeness (QED) is 0.769. The minimum atomic E-state index is -0.756. The van der Waals surface area contributed by atoms with Gasteiger partial charge in [0, 0.05) is 6.04 Å². The van der Waals surface area contributed by atoms with Crippen LogP contribution in [0, 0.1) is 0 Å². The lowest BCUT2D eigenvalue weighted by molar-refractivity contribution is -0.135. The predicted molar refractivity (Wildman–Crippen MR) is 94.9 cm³/mol. The van der Waals surface area contributed by atoms with Crippen LogP contribution in [0.4, 0.5) is 4.79 Å². The van der Waals surface area contributed by atoms with Gasteiger partial charge in [-0.15, -0.1) is 0 Å². The minimum Gasteiger partial charge on any atom is -0.352 e. The predicted octanol–water partition coefficient (Wildman–Crippen LogP) is 2.86. The fraction of sp³-hybridized carbons (Fsp3) is 0.842. The van der Waals surface area contributed by atoms with Crippen LogP contribution in [-0.2, 0) is 9.59 Å². The molecule has 3 aliphatic rings. The molecule has 1 aliphatic heterocycles. The van der Waals surface area contributed by atoms with Crippen LogP contribution in [-0.4, -0.2) is 40.9 Å². The second-order valence-corrected chi connectivity index (χ2v) is 7.93. The molecule has 0 unspecified atom stereocenters. The molecule has 140 valence electrons. The van der Waals surface area contributed by atoms with E-state index >= 15 is 0 Å². The number of hydrogen-bond acceptors (Lipinski definition) is 3. The first-order valence-electron chi connectivity index (χ1n) is 10.0. The summed E-state index contributed by atoms with van der Waals surface area (Å²) in [6, 6.07) is -0.222. The number of carbonyl (C=O) groups excluding carboxylic acids is 3. The van der Waals surface area contributed by atoms with Gasteiger partial charge in [-0.1, -0.05) is 57.8 Å². The summed E-state index contributed by atoms with van der Waals surface area (Å²) in [6.07, 6.45) is 13.5. The van der Waals surface area contributed by atoms with E-state index in [9.17, 15) is 14.4 Å². The summed E-state index contributed by atoms with van der Waals surface area (Å²) in [4.78, 5) is 38.7. The van der Waals surface area contributed by atoms with Crippen LogP contribution in [0.25, 0.3) is 0 Å². The summed E-state index contributed by atoms with van der Waals surface area (Å²) in [6.45, 7) is -0.150. The van der Waals surface area contributed by atoms with Gasteiger partial charge in [0.15, 0.2) is 0 Å². The molecule has 1 heterocycles. The molecule has 3 rings (SSSR count). The number of hydrogen-bond donors (Lipinski definition) is 2. The smallest absolute Gasteiger partial charge is 0.325 e. The van der Waals surface area contributed by atoms with Crippen LogP contribution in [0.2, 0.25) is 0 Å². The summed E-state index contributed by atoms with van der Waals surface area (Å²) < 4.78 is 0. The van der Waals surface area contributed by atoms with Crippen LogP contribution < -0.4 is 10.6 Å². The molecular weight excluding hydrogens is 318 g/mol. The Labute approximate surface area is 150 Å². The van der Waals surface area contributed by atoms with Gasteiger partial charge in [-0.25, -0.2) is 4.79 Å². The molecule has 2 N–H and O–H groups in total. The Morgan fingerprint density at radius 3 is 2.16 bits per heavy atom. The van der Waals surface area contributed by atoms with E-state index in [0.717, 1.165) is 56.3 Å². The Morgan fingerprint density at radius 1 is 0.960 bits per heavy atom. The standard InChI is InChI=1S/C19H31N3O3/c23-16(20-15-10-6-2-1-3-7-11-15)14-22-17(24)19(21-18(22)25)12-8-4-5-9-13-19/h15H,1-14H2,(H,20,23)(H,21,25). The average Bonchev–Trinajstić information content (AvgIpc) is 2.72. The van der Waals surface area contributed by atoms with E-state index in [1.165, 1.54) is 19.3 Å². The highest BCUT2D eigenvalue weighted by Gasteiger charge is 2.51. The first-order chi connectivity index (χ1) is 12.1. The van der Waals surface area contributed by atoms with Crippen molar-refractivity contribution in [2.75, 3.05) is 6.54 Å². The van der Waals surface area contributed by atoms with Gasteiger partial charge in [0.05, 0.1) is 0 Å². The molecule has 6 heteroatoms. The van der Waals surface area contributed by atoms with E-state index in [1.807, 2.05) is 0 Å². The summed E-state index contributed by atoms with van der Waals surface area (Å²) in [5.74, 6) is -0.410. The topological polar surface area (TPSA) is 78.5 Å². The van der Waals surface area contributed by atoms with Gasteiger partial charge >= 0.3 is 6.03 Å². The maximum Gasteiger partial charge on any atom is 0.325 e. The first kappa shape index (κ1) is 18.2. The molecule has 4 amide bonds. The molecule has 0 aromatic carbocycles. The number of carbonyl (C=O) groups is 3. The highest BCUT2D eigenvalue weighted by molar-refractivity contribution is 6.09. The van der Waals surface area contributed by atoms with E-state index in [4.69, 9.17) is 0 Å². The molecule has 1 spiro atoms. The van der Waals surface area contributed by atoms with Gasteiger partial charge in [0.1, 0.15) is 12.1 Å². The van der Waals surface area contributed by atoms with Gasteiger partial charge < -0.3 is 10.6 Å². The van der Waals surface area contributed by atoms with Crippen molar-refractivity contribution in [1.29, 1.82) is 0 Å². The molecule has 1 saturated heterocycles. The maximum atomic E-state index is 12.8. The third-order valence-electron chi connectivity index (χ3n) is 5.98. The van der Waals surface area contributed by atoms with E-state index < -0.39 is 11.6 Å². The van der Waals surface area contributed by atoms with Gasteiger partial charge in [-0.3, -0.25) is 14.5 Å². The first-order valence-corrected chi connectivity index (χ1v) is 10.0. The summed E-state index contributed by atoms with van der Waals surface area (Å²) in [7, 11) is 0. The Hall–Kier alpha value is -1.59. The third-order valence-corrected chi connectivity index (χ3v) is 5.98. The Morgan fingerprint density at radius 2 is 1.52 bits per heavy atom. The van der Waals surface area contributed by atoms with Crippen LogP contribution in [0.5, 0.6) is 0 Å². The Bertz CT molecular complexity index is 504. The van der Waals surface area contributed by atoms with Gasteiger partial charge in [-0.05, 0) is 25.7 Å². The average molecular weight is 349 g/mol. The zero-order valence-corrected chi connectivity index (χ0v) is 15.1. The second kappa shape index (κ2) is 8.19. The van der Waals surface area contributed by atoms with Crippen molar-refractivity contribution >= 4 is 17.8 Å². The maximum absolute atomic E-state index is 12.8. The summed E-state index contributed by atoms with van der Waals surface area (Å²) in [5, 5.41) is 5.94. The van der Waals surface area contributed by atoms with Gasteiger partial charge in [0.2, 0.25) is 5.91 Å². The fourth-order valence-electron chi connectivity index (χ4n) is 4.51. The number of nitrogens with one attached hydrogen (secondary N) is 2. The Kier molecular flexibility index (Phi) is 5.97. The van der Waals surface area contributed by atoms with E-state index in [1.54, 1.807) is 0 Å². The van der Waals surface area contributed by atoms with E-state index in [0.29, 0.717) is 12.8 Å². The van der Waals surface area contributed by atoms with Crippen molar-refractivity contribution in [3.8, 4) is 0 Å². The van der Waals surface area contributed by atoms with E-state index in [-0.39, 0.29) is 24.4 Å². The highest BCUT2D eigenvalue weighted by Crippen LogP contribution is 2.32. The van der Waals surface area contributed by atoms with Crippen molar-refractivity contribution in [2.45, 2.75) is 95.1 Å². The zero-order chi connectivity index (χ0) is 17.7. The lowest BCUT2D eigenvalue weighted by Crippen LogP contribution is -2.48. The molecule has 3 fully saturated rings. The van der Waals surface area contributed by atoms with Crippen molar-refractivity contribution < 1.29 is 14.4 Å². The lowest BCUT2D eigenvalue weighted by Gasteiger charge is -2.25. The van der Waals surface area contributed by atoms with Crippen LogP contribution in [0.3, 0.4) is 0 Å². The van der Waals surface area contributed by atoms with Gasteiger partial charge in [-0.2, -0.15) is 0 Å². The number of urea groups is 1. The zero-order valence-electron chi connectivity index (χ0n) is 15.1. The molecule has 0 aromatic heterocycles. The molecule has 0 radical (unpaired) electrons. The highest BCUT2D eigenvalue weighted by atomic mass is 16.2. The fourth-order valence-corrected chi connectivity index (χ4v) is 4.51. The van der Waals surface area contributed by atoms with Crippen molar-refractivity contribution in [3.63, 3.8) is 0 Å². The molecule has 2 aliphatic carbocycles. The second-order valence-electron chi connectivity index (χ2n) is 7.93. The molecule has 2 saturated carbocycles.